The molecule has 3 aromatic carbocycles. The third kappa shape index (κ3) is 5.36. The monoisotopic (exact) mass is 497 g/mol. The number of amides is 1. The summed E-state index contributed by atoms with van der Waals surface area (Å²) in [6.45, 7) is 3.53. The van der Waals surface area contributed by atoms with Crippen molar-refractivity contribution in [2.45, 2.75) is 6.54 Å². The van der Waals surface area contributed by atoms with Gasteiger partial charge in [0.05, 0.1) is 23.4 Å². The smallest absolute Gasteiger partial charge is 0.272 e. The maximum Gasteiger partial charge on any atom is 0.272 e. The van der Waals surface area contributed by atoms with Crippen molar-refractivity contribution in [2.75, 3.05) is 33.3 Å². The van der Waals surface area contributed by atoms with Crippen molar-refractivity contribution in [3.63, 3.8) is 0 Å². The summed E-state index contributed by atoms with van der Waals surface area (Å²) in [4.78, 5) is 28.8. The lowest BCUT2D eigenvalue weighted by Crippen LogP contribution is -2.48. The first kappa shape index (κ1) is 24.2. The molecule has 0 bridgehead atoms. The number of nitrogens with zero attached hydrogens (tertiary/aromatic N) is 5. The van der Waals surface area contributed by atoms with Crippen LogP contribution in [-0.4, -0.2) is 63.7 Å². The molecule has 0 N–H and O–H groups in total. The van der Waals surface area contributed by atoms with Crippen LogP contribution in [0.5, 0.6) is 5.75 Å². The van der Waals surface area contributed by atoms with Crippen LogP contribution < -0.4 is 4.74 Å². The number of carbonyl (C=O) groups is 1. The SMILES string of the molecule is COc1cccc(-c2cc(C(=O)N3CCN(Cc4ccccc4)CC3)n(-c3cccc([N+](=O)[O-])c3)n2)c1. The highest BCUT2D eigenvalue weighted by atomic mass is 16.6. The summed E-state index contributed by atoms with van der Waals surface area (Å²) in [5.74, 6) is 0.511. The highest BCUT2D eigenvalue weighted by Crippen LogP contribution is 2.27. The molecule has 9 heteroatoms. The number of hydrogen-bond acceptors (Lipinski definition) is 6. The van der Waals surface area contributed by atoms with E-state index in [-0.39, 0.29) is 11.6 Å². The lowest BCUT2D eigenvalue weighted by Gasteiger charge is -2.34. The standard InChI is InChI=1S/C28H27N5O4/c1-37-25-12-5-9-22(17-25)26-19-27(32(29-26)23-10-6-11-24(18-23)33(35)36)28(34)31-15-13-30(14-16-31)20-21-7-3-2-4-8-21/h2-12,17-19H,13-16,20H2,1H3. The van der Waals surface area contributed by atoms with Crippen molar-refractivity contribution < 1.29 is 14.5 Å². The Bertz CT molecular complexity index is 1410. The summed E-state index contributed by atoms with van der Waals surface area (Å²) >= 11 is 0. The van der Waals surface area contributed by atoms with Crippen molar-refractivity contribution >= 4 is 11.6 Å². The maximum atomic E-state index is 13.7. The number of nitro benzene ring substituents is 1. The number of nitro groups is 1. The van der Waals surface area contributed by atoms with Gasteiger partial charge < -0.3 is 9.64 Å². The molecule has 1 saturated heterocycles. The molecule has 188 valence electrons. The minimum absolute atomic E-state index is 0.0659. The molecule has 1 aliphatic rings. The van der Waals surface area contributed by atoms with E-state index in [1.54, 1.807) is 25.3 Å². The first-order valence-corrected chi connectivity index (χ1v) is 12.1. The van der Waals surface area contributed by atoms with E-state index in [1.165, 1.54) is 22.4 Å². The molecule has 1 fully saturated rings. The zero-order valence-electron chi connectivity index (χ0n) is 20.5. The van der Waals surface area contributed by atoms with E-state index in [0.29, 0.717) is 35.9 Å². The van der Waals surface area contributed by atoms with E-state index in [4.69, 9.17) is 9.84 Å². The van der Waals surface area contributed by atoms with Gasteiger partial charge in [-0.25, -0.2) is 4.68 Å². The number of benzene rings is 3. The molecule has 1 aromatic heterocycles. The highest BCUT2D eigenvalue weighted by Gasteiger charge is 2.27. The molecule has 1 amide bonds. The second kappa shape index (κ2) is 10.6. The Balaban J connectivity index is 1.43. The molecule has 2 heterocycles. The Morgan fingerprint density at radius 2 is 1.70 bits per heavy atom. The average molecular weight is 498 g/mol. The maximum absolute atomic E-state index is 13.7. The van der Waals surface area contributed by atoms with Gasteiger partial charge in [-0.15, -0.1) is 0 Å². The fourth-order valence-electron chi connectivity index (χ4n) is 4.50. The zero-order valence-corrected chi connectivity index (χ0v) is 20.5. The van der Waals surface area contributed by atoms with E-state index in [1.807, 2.05) is 47.4 Å². The van der Waals surface area contributed by atoms with Crippen molar-refractivity contribution in [1.29, 1.82) is 0 Å². The number of carbonyl (C=O) groups excluding carboxylic acids is 1. The molecule has 0 unspecified atom stereocenters. The Morgan fingerprint density at radius 3 is 2.43 bits per heavy atom. The minimum Gasteiger partial charge on any atom is -0.497 e. The molecule has 9 nitrogen and oxygen atoms in total. The van der Waals surface area contributed by atoms with E-state index < -0.39 is 4.92 Å². The van der Waals surface area contributed by atoms with Crippen LogP contribution >= 0.6 is 0 Å². The molecule has 37 heavy (non-hydrogen) atoms. The van der Waals surface area contributed by atoms with E-state index in [9.17, 15) is 14.9 Å². The summed E-state index contributed by atoms with van der Waals surface area (Å²) in [6, 6.07) is 25.6. The first-order chi connectivity index (χ1) is 18.0. The highest BCUT2D eigenvalue weighted by molar-refractivity contribution is 5.94. The largest absolute Gasteiger partial charge is 0.497 e. The van der Waals surface area contributed by atoms with Gasteiger partial charge in [-0.1, -0.05) is 48.5 Å². The Morgan fingerprint density at radius 1 is 0.946 bits per heavy atom. The van der Waals surface area contributed by atoms with Crippen LogP contribution in [0.25, 0.3) is 16.9 Å². The number of rotatable bonds is 7. The molecule has 4 aromatic rings. The third-order valence-corrected chi connectivity index (χ3v) is 6.49. The number of methoxy groups -OCH3 is 1. The predicted molar refractivity (Wildman–Crippen MR) is 140 cm³/mol. The molecular formula is C28H27N5O4. The summed E-state index contributed by atoms with van der Waals surface area (Å²) in [7, 11) is 1.59. The van der Waals surface area contributed by atoms with E-state index >= 15 is 0 Å². The predicted octanol–water partition coefficient (Wildman–Crippen LogP) is 4.41. The van der Waals surface area contributed by atoms with Gasteiger partial charge in [-0.05, 0) is 29.8 Å². The van der Waals surface area contributed by atoms with Crippen LogP contribution in [0.3, 0.4) is 0 Å². The first-order valence-electron chi connectivity index (χ1n) is 12.1. The number of ether oxygens (including phenoxy) is 1. The number of hydrogen-bond donors (Lipinski definition) is 0. The fourth-order valence-corrected chi connectivity index (χ4v) is 4.50. The van der Waals surface area contributed by atoms with Crippen LogP contribution in [0.15, 0.2) is 84.9 Å². The van der Waals surface area contributed by atoms with Gasteiger partial charge in [0.15, 0.2) is 0 Å². The van der Waals surface area contributed by atoms with Crippen molar-refractivity contribution in [3.05, 3.63) is 106 Å². The minimum atomic E-state index is -0.455. The van der Waals surface area contributed by atoms with Crippen LogP contribution in [0, 0.1) is 10.1 Å². The fraction of sp³-hybridized carbons (Fsp3) is 0.214. The van der Waals surface area contributed by atoms with Crippen LogP contribution in [0.2, 0.25) is 0 Å². The normalized spacial score (nSPS) is 13.9. The Hall–Kier alpha value is -4.50. The van der Waals surface area contributed by atoms with Gasteiger partial charge in [-0.2, -0.15) is 5.10 Å². The summed E-state index contributed by atoms with van der Waals surface area (Å²) in [5, 5.41) is 16.1. The van der Waals surface area contributed by atoms with E-state index in [2.05, 4.69) is 17.0 Å². The number of piperazine rings is 1. The van der Waals surface area contributed by atoms with Crippen molar-refractivity contribution in [2.24, 2.45) is 0 Å². The van der Waals surface area contributed by atoms with Gasteiger partial charge in [0.1, 0.15) is 11.4 Å². The van der Waals surface area contributed by atoms with Gasteiger partial charge in [-0.3, -0.25) is 19.8 Å². The average Bonchev–Trinajstić information content (AvgIpc) is 3.39. The van der Waals surface area contributed by atoms with Gasteiger partial charge >= 0.3 is 0 Å². The third-order valence-electron chi connectivity index (χ3n) is 6.49. The summed E-state index contributed by atoms with van der Waals surface area (Å²) < 4.78 is 6.85. The molecule has 0 saturated carbocycles. The van der Waals surface area contributed by atoms with Crippen LogP contribution in [-0.2, 0) is 6.54 Å². The Kier molecular flexibility index (Phi) is 6.96. The van der Waals surface area contributed by atoms with Gasteiger partial charge in [0, 0.05) is 50.4 Å². The van der Waals surface area contributed by atoms with E-state index in [0.717, 1.165) is 25.2 Å². The van der Waals surface area contributed by atoms with Crippen molar-refractivity contribution in [1.82, 2.24) is 19.6 Å². The molecule has 0 aliphatic carbocycles. The topological polar surface area (TPSA) is 93.7 Å². The second-order valence-electron chi connectivity index (χ2n) is 8.89. The Labute approximate surface area is 214 Å². The molecule has 5 rings (SSSR count). The molecule has 0 spiro atoms. The summed E-state index contributed by atoms with van der Waals surface area (Å²) in [6.07, 6.45) is 0. The zero-order chi connectivity index (χ0) is 25.8. The van der Waals surface area contributed by atoms with Gasteiger partial charge in [0.25, 0.3) is 11.6 Å². The quantitative estimate of drug-likeness (QED) is 0.277. The molecule has 1 aliphatic heterocycles. The second-order valence-corrected chi connectivity index (χ2v) is 8.89. The summed E-state index contributed by atoms with van der Waals surface area (Å²) in [5.41, 5.74) is 3.35. The molecular weight excluding hydrogens is 470 g/mol. The number of aromatic nitrogens is 2. The molecule has 0 atom stereocenters. The molecule has 0 radical (unpaired) electrons. The van der Waals surface area contributed by atoms with Gasteiger partial charge in [0.2, 0.25) is 0 Å². The lowest BCUT2D eigenvalue weighted by atomic mass is 10.1. The van der Waals surface area contributed by atoms with Crippen LogP contribution in [0.1, 0.15) is 16.1 Å². The number of non-ortho nitro benzene ring substituents is 1. The van der Waals surface area contributed by atoms with Crippen LogP contribution in [0.4, 0.5) is 5.69 Å². The lowest BCUT2D eigenvalue weighted by molar-refractivity contribution is -0.384. The van der Waals surface area contributed by atoms with Crippen molar-refractivity contribution in [3.8, 4) is 22.7 Å².